The molecule has 60 heavy (non-hydrogen) atoms. The van der Waals surface area contributed by atoms with E-state index in [2.05, 4.69) is 47.5 Å². The van der Waals surface area contributed by atoms with Crippen LogP contribution in [0.15, 0.2) is 102 Å². The number of rotatable bonds is 13. The molecule has 14 heteroatoms. The standard InChI is InChI=1S/C23H30N2O5.C17H18O4.C6H12N2O.2H2/c1-15(24)14-16(2)25-21(26)29-19-10-6-17(7-11-19)23(3,4)18-8-12-20(13-9-18)30-22(27)28-5;1-17(2,12-4-8-14(18)9-5-12)13-6-10-15(11-7-13)21-16(19)20-3;1-5(7)3-6(2)8-4-9;;/h6-13,15-16H,14,24H2,1-5H3,(H,25,26);4-11,18H,1-3H3;5-6H,3,7H2,1-2H3;2*1H/i;;;2*1+2D. The molecule has 14 nitrogen and oxygen atoms in total. The van der Waals surface area contributed by atoms with Crippen LogP contribution in [0.1, 0.15) is 96.4 Å². The van der Waals surface area contributed by atoms with Gasteiger partial charge in [-0.25, -0.2) is 24.2 Å². The van der Waals surface area contributed by atoms with Crippen molar-refractivity contribution in [3.05, 3.63) is 119 Å². The van der Waals surface area contributed by atoms with Crippen LogP contribution in [0.5, 0.6) is 23.0 Å². The number of nitrogens with two attached hydrogens (primary N) is 2. The first kappa shape index (κ1) is 46.5. The molecule has 0 heterocycles. The minimum atomic E-state index is -0.756. The molecule has 0 fully saturated rings. The lowest BCUT2D eigenvalue weighted by molar-refractivity contribution is 0.120. The topological polar surface area (TPSA) is 211 Å². The first-order valence-electron chi connectivity index (χ1n) is 21.4. The average Bonchev–Trinajstić information content (AvgIpc) is 3.25. The number of hydrogen-bond donors (Lipinski definition) is 4. The molecule has 0 radical (unpaired) electrons. The Kier molecular flexibility index (Phi) is 18.6. The number of aliphatic imine (C=N–C) groups is 1. The molecule has 0 saturated heterocycles. The number of amides is 1. The molecule has 0 aliphatic carbocycles. The lowest BCUT2D eigenvalue weighted by Crippen LogP contribution is -2.38. The van der Waals surface area contributed by atoms with E-state index in [9.17, 15) is 24.3 Å². The summed E-state index contributed by atoms with van der Waals surface area (Å²) in [5.74, 6) is 1.56. The average molecular weight is 839 g/mol. The zero-order valence-electron chi connectivity index (χ0n) is 40.2. The van der Waals surface area contributed by atoms with Crippen molar-refractivity contribution < 1.29 is 53.9 Å². The molecule has 4 aromatic carbocycles. The third-order valence-electron chi connectivity index (χ3n) is 9.34. The number of nitrogens with zero attached hydrogens (tertiary/aromatic N) is 1. The van der Waals surface area contributed by atoms with Crippen molar-refractivity contribution in [2.75, 3.05) is 14.2 Å². The van der Waals surface area contributed by atoms with E-state index < -0.39 is 18.4 Å². The van der Waals surface area contributed by atoms with Gasteiger partial charge in [-0.1, -0.05) is 76.2 Å². The number of aromatic hydroxyl groups is 1. The van der Waals surface area contributed by atoms with Crippen molar-refractivity contribution in [1.82, 2.24) is 5.32 Å². The van der Waals surface area contributed by atoms with Crippen LogP contribution in [0, 0.1) is 0 Å². The Morgan fingerprint density at radius 2 is 1.00 bits per heavy atom. The van der Waals surface area contributed by atoms with E-state index in [0.717, 1.165) is 28.7 Å². The molecular weight excluding hydrogens is 769 g/mol. The van der Waals surface area contributed by atoms with Crippen molar-refractivity contribution in [2.24, 2.45) is 16.5 Å². The van der Waals surface area contributed by atoms with E-state index in [0.29, 0.717) is 23.7 Å². The summed E-state index contributed by atoms with van der Waals surface area (Å²) in [4.78, 5) is 47.4. The highest BCUT2D eigenvalue weighted by Crippen LogP contribution is 2.34. The van der Waals surface area contributed by atoms with E-state index in [1.807, 2.05) is 76.2 Å². The van der Waals surface area contributed by atoms with Crippen molar-refractivity contribution in [1.29, 1.82) is 0 Å². The van der Waals surface area contributed by atoms with E-state index in [-0.39, 0.29) is 40.7 Å². The van der Waals surface area contributed by atoms with Crippen molar-refractivity contribution in [3.63, 3.8) is 0 Å². The third-order valence-corrected chi connectivity index (χ3v) is 9.34. The van der Waals surface area contributed by atoms with Crippen LogP contribution in [0.3, 0.4) is 0 Å². The molecule has 0 aliphatic heterocycles. The number of nitrogens with one attached hydrogen (secondary N) is 1. The van der Waals surface area contributed by atoms with Gasteiger partial charge in [0.2, 0.25) is 6.08 Å². The Hall–Kier alpha value is -6.21. The summed E-state index contributed by atoms with van der Waals surface area (Å²) in [5, 5.41) is 12.1. The van der Waals surface area contributed by atoms with Crippen molar-refractivity contribution in [2.45, 2.75) is 103 Å². The molecule has 0 bridgehead atoms. The van der Waals surface area contributed by atoms with Crippen LogP contribution in [0.4, 0.5) is 14.4 Å². The smallest absolute Gasteiger partial charge is 0.508 e. The molecule has 328 valence electrons. The summed E-state index contributed by atoms with van der Waals surface area (Å²) in [6, 6.07) is 29.1. The maximum atomic E-state index is 12.0. The van der Waals surface area contributed by atoms with Gasteiger partial charge in [-0.05, 0) is 111 Å². The SMILES string of the molecule is CC(N)CC(C)N=C=O.COC(=O)Oc1ccc(C(C)(C)c2ccc(O)cc2)cc1.COC(=O)Oc1ccc(C(C)(C)c2ccc(OC(=O)NC(C)CC(C)N)cc2)cc1.[2H][3H].[2H][3H]. The highest BCUT2D eigenvalue weighted by molar-refractivity contribution is 5.70. The predicted molar refractivity (Wildman–Crippen MR) is 235 cm³/mol. The largest absolute Gasteiger partial charge is 0.513 e. The highest BCUT2D eigenvalue weighted by atomic mass is 16.7. The van der Waals surface area contributed by atoms with Crippen LogP contribution in [0.25, 0.3) is 0 Å². The van der Waals surface area contributed by atoms with Crippen LogP contribution in [0.2, 0.25) is 0 Å². The first-order valence-corrected chi connectivity index (χ1v) is 19.4. The molecule has 6 N–H and O–H groups in total. The molecule has 0 saturated carbocycles. The summed E-state index contributed by atoms with van der Waals surface area (Å²) >= 11 is 0. The van der Waals surface area contributed by atoms with Gasteiger partial charge in [0.25, 0.3) is 0 Å². The maximum absolute atomic E-state index is 12.0. The van der Waals surface area contributed by atoms with Crippen LogP contribution in [-0.2, 0) is 25.1 Å². The van der Waals surface area contributed by atoms with Gasteiger partial charge in [0.05, 0.1) is 20.3 Å². The van der Waals surface area contributed by atoms with E-state index in [1.165, 1.54) is 20.3 Å². The molecule has 1 amide bonds. The zero-order valence-corrected chi connectivity index (χ0v) is 36.2. The number of phenolic OH excluding ortho intramolecular Hbond substituents is 1. The van der Waals surface area contributed by atoms with Gasteiger partial charge in [-0.3, -0.25) is 0 Å². The van der Waals surface area contributed by atoms with Gasteiger partial charge in [0.15, 0.2) is 0 Å². The molecule has 0 aliphatic rings. The maximum Gasteiger partial charge on any atom is 0.513 e. The second-order valence-electron chi connectivity index (χ2n) is 15.4. The number of isocyanates is 1. The summed E-state index contributed by atoms with van der Waals surface area (Å²) in [7, 11) is 2.53. The molecule has 0 aromatic heterocycles. The lowest BCUT2D eigenvalue weighted by atomic mass is 9.78. The second kappa shape index (κ2) is 24.0. The van der Waals surface area contributed by atoms with E-state index in [1.54, 1.807) is 48.5 Å². The number of phenols is 1. The van der Waals surface area contributed by atoms with E-state index >= 15 is 0 Å². The molecule has 4 atom stereocenters. The van der Waals surface area contributed by atoms with Crippen molar-refractivity contribution in [3.8, 4) is 23.0 Å². The summed E-state index contributed by atoms with van der Waals surface area (Å²) in [6.07, 6.45) is 0.915. The Labute approximate surface area is 359 Å². The minimum Gasteiger partial charge on any atom is -0.508 e. The van der Waals surface area contributed by atoms with Crippen LogP contribution >= 0.6 is 0 Å². The predicted octanol–water partition coefficient (Wildman–Crippen LogP) is 9.18. The third kappa shape index (κ3) is 16.9. The van der Waals surface area contributed by atoms with Gasteiger partial charge < -0.3 is 45.6 Å². The Balaban J connectivity index is 0.00000101. The molecule has 4 aromatic rings. The fourth-order valence-electron chi connectivity index (χ4n) is 5.94. The second-order valence-corrected chi connectivity index (χ2v) is 15.4. The normalized spacial score (nSPS) is 13.1. The van der Waals surface area contributed by atoms with Crippen LogP contribution < -0.4 is 31.0 Å². The highest BCUT2D eigenvalue weighted by Gasteiger charge is 2.25. The number of carbonyl (C=O) groups is 3. The number of benzene rings is 4. The molecule has 0 spiro atoms. The molecule has 4 unspecified atom stereocenters. The first-order chi connectivity index (χ1) is 30.2. The number of methoxy groups -OCH3 is 2. The zero-order chi connectivity index (χ0) is 49.0. The Morgan fingerprint density at radius 1 is 0.667 bits per heavy atom. The monoisotopic (exact) mass is 838 g/mol. The Morgan fingerprint density at radius 3 is 1.32 bits per heavy atom. The number of hydrogen-bond acceptors (Lipinski definition) is 13. The lowest BCUT2D eigenvalue weighted by Gasteiger charge is -2.26. The van der Waals surface area contributed by atoms with E-state index in [4.69, 9.17) is 31.6 Å². The summed E-state index contributed by atoms with van der Waals surface area (Å²) < 4.78 is 44.3. The number of ether oxygens (including phenoxy) is 5. The number of carbonyl (C=O) groups excluding carboxylic acids is 4. The van der Waals surface area contributed by atoms with Gasteiger partial charge in [0.1, 0.15) is 23.0 Å². The fourth-order valence-corrected chi connectivity index (χ4v) is 5.94. The molecular formula is C46H64N4O10. The van der Waals surface area contributed by atoms with Gasteiger partial charge in [-0.15, -0.1) is 0 Å². The molecule has 4 rings (SSSR count). The minimum absolute atomic E-state index is 0.00269. The summed E-state index contributed by atoms with van der Waals surface area (Å²) in [6.45, 7) is 15.9. The Bertz CT molecular complexity index is 2000. The van der Waals surface area contributed by atoms with Crippen LogP contribution in [-0.4, -0.2) is 68.0 Å². The van der Waals surface area contributed by atoms with Gasteiger partial charge in [0, 0.05) is 34.9 Å². The fraction of sp³-hybridized carbons (Fsp3) is 0.391. The van der Waals surface area contributed by atoms with Gasteiger partial charge in [-0.2, -0.15) is 0 Å². The quantitative estimate of drug-likeness (QED) is 0.0430. The van der Waals surface area contributed by atoms with Gasteiger partial charge >= 0.3 is 18.4 Å². The van der Waals surface area contributed by atoms with Crippen molar-refractivity contribution >= 4 is 24.5 Å². The summed E-state index contributed by atoms with van der Waals surface area (Å²) in [5.41, 5.74) is 14.9.